The number of benzene rings is 1. The Morgan fingerprint density at radius 1 is 1.29 bits per heavy atom. The number of hydrogen-bond acceptors (Lipinski definition) is 3. The second kappa shape index (κ2) is 3.32. The first-order valence-electron chi connectivity index (χ1n) is 5.77. The molecule has 0 aromatic heterocycles. The molecular formula is C13H14N2O2. The molecule has 0 radical (unpaired) electrons. The largest absolute Gasteiger partial charge is 0.378 e. The third-order valence-corrected chi connectivity index (χ3v) is 3.91. The van der Waals surface area contributed by atoms with Crippen molar-refractivity contribution in [1.82, 2.24) is 0 Å². The van der Waals surface area contributed by atoms with Crippen molar-refractivity contribution in [2.45, 2.75) is 30.3 Å². The van der Waals surface area contributed by atoms with Crippen molar-refractivity contribution in [2.24, 2.45) is 10.9 Å². The predicted octanol–water partition coefficient (Wildman–Crippen LogP) is 1.35. The Morgan fingerprint density at radius 2 is 2.00 bits per heavy atom. The van der Waals surface area contributed by atoms with Gasteiger partial charge in [0.15, 0.2) is 0 Å². The topological polar surface area (TPSA) is 64.7 Å². The van der Waals surface area contributed by atoms with Crippen LogP contribution in [0.1, 0.15) is 24.8 Å². The van der Waals surface area contributed by atoms with Crippen LogP contribution in [0.2, 0.25) is 0 Å². The molecule has 1 aromatic rings. The molecule has 1 atom stereocenters. The first-order chi connectivity index (χ1) is 8.21. The zero-order valence-corrected chi connectivity index (χ0v) is 9.43. The molecule has 1 saturated carbocycles. The molecule has 1 amide bonds. The molecule has 3 rings (SSSR count). The van der Waals surface area contributed by atoms with E-state index in [0.717, 1.165) is 18.4 Å². The molecule has 17 heavy (non-hydrogen) atoms. The van der Waals surface area contributed by atoms with Gasteiger partial charge in [-0.05, 0) is 18.4 Å². The summed E-state index contributed by atoms with van der Waals surface area (Å²) in [5.74, 6) is -0.420. The highest BCUT2D eigenvalue weighted by Gasteiger charge is 2.67. The van der Waals surface area contributed by atoms with E-state index in [1.807, 2.05) is 30.3 Å². The minimum absolute atomic E-state index is 0.281. The number of carbonyl (C=O) groups is 1. The summed E-state index contributed by atoms with van der Waals surface area (Å²) >= 11 is 0. The Hall–Kier alpha value is -1.84. The fraction of sp³-hybridized carbons (Fsp3) is 0.385. The molecule has 4 heteroatoms. The van der Waals surface area contributed by atoms with Crippen LogP contribution in [0.3, 0.4) is 0 Å². The maximum Gasteiger partial charge on any atom is 0.265 e. The second-order valence-electron chi connectivity index (χ2n) is 4.72. The first kappa shape index (κ1) is 10.3. The number of oxime groups is 1. The zero-order valence-electron chi connectivity index (χ0n) is 9.43. The molecule has 0 spiro atoms. The van der Waals surface area contributed by atoms with Crippen LogP contribution in [-0.4, -0.2) is 17.7 Å². The lowest BCUT2D eigenvalue weighted by molar-refractivity contribution is -0.145. The Balaban J connectivity index is 2.06. The highest BCUT2D eigenvalue weighted by Crippen LogP contribution is 2.59. The Labute approximate surface area is 99.4 Å². The van der Waals surface area contributed by atoms with Gasteiger partial charge in [-0.15, -0.1) is 0 Å². The summed E-state index contributed by atoms with van der Waals surface area (Å²) in [6.07, 6.45) is 3.94. The molecule has 0 bridgehead atoms. The third kappa shape index (κ3) is 1.24. The molecule has 1 heterocycles. The van der Waals surface area contributed by atoms with Crippen LogP contribution < -0.4 is 5.73 Å². The van der Waals surface area contributed by atoms with E-state index in [2.05, 4.69) is 5.16 Å². The van der Waals surface area contributed by atoms with Crippen molar-refractivity contribution in [2.75, 3.05) is 0 Å². The van der Waals surface area contributed by atoms with Gasteiger partial charge in [-0.1, -0.05) is 35.5 Å². The summed E-state index contributed by atoms with van der Waals surface area (Å²) in [5.41, 5.74) is 5.41. The molecule has 4 nitrogen and oxygen atoms in total. The fourth-order valence-electron chi connectivity index (χ4n) is 2.80. The predicted molar refractivity (Wildman–Crippen MR) is 63.5 cm³/mol. The second-order valence-corrected chi connectivity index (χ2v) is 4.72. The van der Waals surface area contributed by atoms with E-state index in [1.54, 1.807) is 6.21 Å². The highest BCUT2D eigenvalue weighted by molar-refractivity contribution is 5.90. The minimum Gasteiger partial charge on any atom is -0.378 e. The van der Waals surface area contributed by atoms with Gasteiger partial charge in [0, 0.05) is 18.1 Å². The quantitative estimate of drug-likeness (QED) is 0.851. The number of rotatable bonds is 3. The van der Waals surface area contributed by atoms with Crippen LogP contribution >= 0.6 is 0 Å². The van der Waals surface area contributed by atoms with Gasteiger partial charge < -0.3 is 10.6 Å². The number of primary amides is 1. The third-order valence-electron chi connectivity index (χ3n) is 3.91. The van der Waals surface area contributed by atoms with E-state index >= 15 is 0 Å². The van der Waals surface area contributed by atoms with Gasteiger partial charge in [-0.2, -0.15) is 0 Å². The standard InChI is InChI=1S/C13H14N2O2/c14-11(16)13(8-9-15-17-13)12(6-7-12)10-4-2-1-3-5-10/h1-5,9H,6-8H2,(H2,14,16). The van der Waals surface area contributed by atoms with Crippen molar-refractivity contribution in [3.63, 3.8) is 0 Å². The summed E-state index contributed by atoms with van der Waals surface area (Å²) in [6.45, 7) is 0. The van der Waals surface area contributed by atoms with Crippen molar-refractivity contribution in [1.29, 1.82) is 0 Å². The molecule has 1 aliphatic carbocycles. The van der Waals surface area contributed by atoms with Crippen molar-refractivity contribution in [3.05, 3.63) is 35.9 Å². The van der Waals surface area contributed by atoms with Crippen LogP contribution in [0.5, 0.6) is 0 Å². The first-order valence-corrected chi connectivity index (χ1v) is 5.77. The highest BCUT2D eigenvalue weighted by atomic mass is 16.7. The van der Waals surface area contributed by atoms with Crippen molar-refractivity contribution in [3.8, 4) is 0 Å². The van der Waals surface area contributed by atoms with Gasteiger partial charge >= 0.3 is 0 Å². The van der Waals surface area contributed by atoms with Gasteiger partial charge in [0.1, 0.15) is 0 Å². The van der Waals surface area contributed by atoms with Gasteiger partial charge in [-0.25, -0.2) is 0 Å². The Bertz CT molecular complexity index is 469. The van der Waals surface area contributed by atoms with Crippen LogP contribution in [0.15, 0.2) is 35.5 Å². The number of hydrogen-bond donors (Lipinski definition) is 1. The molecule has 1 unspecified atom stereocenters. The van der Waals surface area contributed by atoms with Crippen molar-refractivity contribution < 1.29 is 9.63 Å². The summed E-state index contributed by atoms with van der Waals surface area (Å²) in [7, 11) is 0. The molecular weight excluding hydrogens is 216 g/mol. The van der Waals surface area contributed by atoms with Crippen LogP contribution in [0.25, 0.3) is 0 Å². The van der Waals surface area contributed by atoms with Gasteiger partial charge in [0.05, 0.1) is 0 Å². The number of nitrogens with zero attached hydrogens (tertiary/aromatic N) is 1. The average Bonchev–Trinajstić information content (AvgIpc) is 3.01. The fourth-order valence-corrected chi connectivity index (χ4v) is 2.80. The minimum atomic E-state index is -0.978. The van der Waals surface area contributed by atoms with E-state index in [-0.39, 0.29) is 5.41 Å². The maximum absolute atomic E-state index is 11.8. The van der Waals surface area contributed by atoms with Gasteiger partial charge in [0.25, 0.3) is 5.91 Å². The molecule has 0 saturated heterocycles. The van der Waals surface area contributed by atoms with E-state index in [1.165, 1.54) is 0 Å². The van der Waals surface area contributed by atoms with E-state index in [9.17, 15) is 4.79 Å². The van der Waals surface area contributed by atoms with E-state index in [4.69, 9.17) is 10.6 Å². The van der Waals surface area contributed by atoms with E-state index < -0.39 is 11.5 Å². The van der Waals surface area contributed by atoms with Crippen molar-refractivity contribution >= 4 is 12.1 Å². The normalized spacial score (nSPS) is 28.7. The summed E-state index contributed by atoms with van der Waals surface area (Å²) in [6, 6.07) is 9.96. The van der Waals surface area contributed by atoms with Crippen LogP contribution in [0.4, 0.5) is 0 Å². The SMILES string of the molecule is NC(=O)C1(C2(c3ccccc3)CC2)CC=NO1. The molecule has 1 aromatic carbocycles. The molecule has 88 valence electrons. The zero-order chi connectivity index (χ0) is 11.9. The van der Waals surface area contributed by atoms with E-state index in [0.29, 0.717) is 6.42 Å². The summed E-state index contributed by atoms with van der Waals surface area (Å²) < 4.78 is 0. The number of nitrogens with two attached hydrogens (primary N) is 1. The summed E-state index contributed by atoms with van der Waals surface area (Å²) in [4.78, 5) is 17.2. The molecule has 1 fully saturated rings. The lowest BCUT2D eigenvalue weighted by Crippen LogP contribution is -2.53. The van der Waals surface area contributed by atoms with Gasteiger partial charge in [-0.3, -0.25) is 4.79 Å². The maximum atomic E-state index is 11.8. The summed E-state index contributed by atoms with van der Waals surface area (Å²) in [5, 5.41) is 3.76. The molecule has 2 aliphatic rings. The smallest absolute Gasteiger partial charge is 0.265 e. The average molecular weight is 230 g/mol. The Kier molecular flexibility index (Phi) is 2.02. The van der Waals surface area contributed by atoms with Gasteiger partial charge in [0.2, 0.25) is 5.60 Å². The number of carbonyl (C=O) groups excluding carboxylic acids is 1. The van der Waals surface area contributed by atoms with Crippen LogP contribution in [-0.2, 0) is 15.0 Å². The molecule has 2 N–H and O–H groups in total. The molecule has 1 aliphatic heterocycles. The number of amides is 1. The Morgan fingerprint density at radius 3 is 2.47 bits per heavy atom. The lowest BCUT2D eigenvalue weighted by atomic mass is 9.76. The lowest BCUT2D eigenvalue weighted by Gasteiger charge is -2.32. The monoisotopic (exact) mass is 230 g/mol. The van der Waals surface area contributed by atoms with Crippen LogP contribution in [0, 0.1) is 0 Å².